The first-order valence-corrected chi connectivity index (χ1v) is 8.65. The van der Waals surface area contributed by atoms with Crippen molar-refractivity contribution in [1.82, 2.24) is 35.1 Å². The Morgan fingerprint density at radius 2 is 2.17 bits per heavy atom. The van der Waals surface area contributed by atoms with E-state index in [0.717, 1.165) is 41.5 Å². The molecule has 3 aromatic heterocycles. The van der Waals surface area contributed by atoms with Crippen molar-refractivity contribution in [3.63, 3.8) is 0 Å². The van der Waals surface area contributed by atoms with Crippen molar-refractivity contribution in [1.29, 1.82) is 0 Å². The van der Waals surface area contributed by atoms with Crippen molar-refractivity contribution in [3.8, 4) is 16.5 Å². The molecular formula is C16H15N7S. The Morgan fingerprint density at radius 1 is 1.25 bits per heavy atom. The number of nitrogens with zero attached hydrogens (tertiary/aromatic N) is 6. The summed E-state index contributed by atoms with van der Waals surface area (Å²) >= 11 is 1.66. The molecule has 0 saturated heterocycles. The maximum atomic E-state index is 4.85. The van der Waals surface area contributed by atoms with Crippen LogP contribution in [-0.4, -0.2) is 36.3 Å². The minimum absolute atomic E-state index is 0.798. The molecule has 4 heterocycles. The van der Waals surface area contributed by atoms with Crippen LogP contribution in [0.2, 0.25) is 0 Å². The molecule has 1 aromatic carbocycles. The van der Waals surface area contributed by atoms with Crippen LogP contribution in [0, 0.1) is 0 Å². The standard InChI is InChI=1S/C16H15N7S/c1-22-9-12(19-21-22)15-10-8-17-7-6-13(10)23(20-15)16-18-11-4-2-3-5-14(11)24-16/h2-5,9,17H,6-8H2,1H3. The van der Waals surface area contributed by atoms with Gasteiger partial charge >= 0.3 is 0 Å². The van der Waals surface area contributed by atoms with Crippen molar-refractivity contribution < 1.29 is 0 Å². The highest BCUT2D eigenvalue weighted by molar-refractivity contribution is 7.20. The van der Waals surface area contributed by atoms with Crippen molar-refractivity contribution in [2.24, 2.45) is 7.05 Å². The second kappa shape index (κ2) is 5.22. The van der Waals surface area contributed by atoms with Gasteiger partial charge in [0, 0.05) is 32.1 Å². The number of aryl methyl sites for hydroxylation is 1. The van der Waals surface area contributed by atoms with Gasteiger partial charge in [0.15, 0.2) is 0 Å². The highest BCUT2D eigenvalue weighted by Crippen LogP contribution is 2.31. The molecule has 0 saturated carbocycles. The molecule has 1 aliphatic heterocycles. The fourth-order valence-corrected chi connectivity index (χ4v) is 4.06. The zero-order valence-corrected chi connectivity index (χ0v) is 13.9. The van der Waals surface area contributed by atoms with E-state index < -0.39 is 0 Å². The van der Waals surface area contributed by atoms with Gasteiger partial charge in [-0.25, -0.2) is 9.67 Å². The number of aromatic nitrogens is 6. The molecule has 0 bridgehead atoms. The molecular weight excluding hydrogens is 322 g/mol. The molecule has 0 spiro atoms. The summed E-state index contributed by atoms with van der Waals surface area (Å²) in [4.78, 5) is 4.76. The van der Waals surface area contributed by atoms with Crippen LogP contribution < -0.4 is 5.32 Å². The predicted molar refractivity (Wildman–Crippen MR) is 92.1 cm³/mol. The van der Waals surface area contributed by atoms with Gasteiger partial charge in [-0.2, -0.15) is 5.10 Å². The number of hydrogen-bond donors (Lipinski definition) is 1. The topological polar surface area (TPSA) is 73.5 Å². The second-order valence-electron chi connectivity index (χ2n) is 5.85. The first-order valence-electron chi connectivity index (χ1n) is 7.84. The summed E-state index contributed by atoms with van der Waals surface area (Å²) in [7, 11) is 1.87. The van der Waals surface area contributed by atoms with Gasteiger partial charge in [-0.05, 0) is 12.1 Å². The molecule has 0 radical (unpaired) electrons. The Hall–Kier alpha value is -2.58. The van der Waals surface area contributed by atoms with Gasteiger partial charge in [0.25, 0.3) is 0 Å². The third kappa shape index (κ3) is 2.07. The summed E-state index contributed by atoms with van der Waals surface area (Å²) in [5, 5.41) is 17.5. The third-order valence-electron chi connectivity index (χ3n) is 4.24. The van der Waals surface area contributed by atoms with Crippen molar-refractivity contribution in [3.05, 3.63) is 41.7 Å². The van der Waals surface area contributed by atoms with Crippen LogP contribution in [0.4, 0.5) is 0 Å². The second-order valence-corrected chi connectivity index (χ2v) is 6.86. The third-order valence-corrected chi connectivity index (χ3v) is 5.25. The molecule has 24 heavy (non-hydrogen) atoms. The fourth-order valence-electron chi connectivity index (χ4n) is 3.12. The zero-order chi connectivity index (χ0) is 16.1. The number of hydrogen-bond acceptors (Lipinski definition) is 6. The number of fused-ring (bicyclic) bond motifs is 2. The van der Waals surface area contributed by atoms with Gasteiger partial charge in [0.1, 0.15) is 11.4 Å². The average molecular weight is 337 g/mol. The summed E-state index contributed by atoms with van der Waals surface area (Å²) in [6, 6.07) is 8.19. The maximum Gasteiger partial charge on any atom is 0.211 e. The van der Waals surface area contributed by atoms with Crippen molar-refractivity contribution in [2.45, 2.75) is 13.0 Å². The first kappa shape index (κ1) is 13.8. The van der Waals surface area contributed by atoms with E-state index >= 15 is 0 Å². The minimum Gasteiger partial charge on any atom is -0.312 e. The Labute approximate surface area is 141 Å². The minimum atomic E-state index is 0.798. The van der Waals surface area contributed by atoms with Crippen molar-refractivity contribution >= 4 is 21.6 Å². The SMILES string of the molecule is Cn1cc(-c2nn(-c3nc4ccccc4s3)c3c2CNCC3)nn1. The lowest BCUT2D eigenvalue weighted by Gasteiger charge is -2.14. The average Bonchev–Trinajstić information content (AvgIpc) is 3.30. The lowest BCUT2D eigenvalue weighted by Crippen LogP contribution is -2.24. The monoisotopic (exact) mass is 337 g/mol. The molecule has 7 nitrogen and oxygen atoms in total. The van der Waals surface area contributed by atoms with E-state index in [1.54, 1.807) is 16.0 Å². The molecule has 0 fully saturated rings. The number of benzene rings is 1. The maximum absolute atomic E-state index is 4.85. The Bertz CT molecular complexity index is 1010. The highest BCUT2D eigenvalue weighted by Gasteiger charge is 2.25. The first-order chi connectivity index (χ1) is 11.8. The fraction of sp³-hybridized carbons (Fsp3) is 0.250. The highest BCUT2D eigenvalue weighted by atomic mass is 32.1. The van der Waals surface area contributed by atoms with E-state index in [2.05, 4.69) is 21.7 Å². The Balaban J connectivity index is 1.72. The molecule has 5 rings (SSSR count). The van der Waals surface area contributed by atoms with Crippen LogP contribution in [0.5, 0.6) is 0 Å². The molecule has 1 N–H and O–H groups in total. The summed E-state index contributed by atoms with van der Waals surface area (Å²) < 4.78 is 4.87. The van der Waals surface area contributed by atoms with Gasteiger partial charge in [-0.1, -0.05) is 28.7 Å². The molecule has 120 valence electrons. The summed E-state index contributed by atoms with van der Waals surface area (Å²) in [6.45, 7) is 1.75. The van der Waals surface area contributed by atoms with Gasteiger partial charge < -0.3 is 5.32 Å². The van der Waals surface area contributed by atoms with Gasteiger partial charge in [-0.3, -0.25) is 4.68 Å². The number of para-hydroxylation sites is 1. The largest absolute Gasteiger partial charge is 0.312 e. The number of thiazole rings is 1. The normalized spacial score (nSPS) is 14.2. The van der Waals surface area contributed by atoms with Gasteiger partial charge in [-0.15, -0.1) is 5.10 Å². The molecule has 1 aliphatic rings. The van der Waals surface area contributed by atoms with E-state index in [0.29, 0.717) is 0 Å². The molecule has 8 heteroatoms. The number of nitrogens with one attached hydrogen (secondary N) is 1. The van der Waals surface area contributed by atoms with Crippen LogP contribution in [0.25, 0.3) is 26.7 Å². The van der Waals surface area contributed by atoms with Gasteiger partial charge in [0.2, 0.25) is 5.13 Å². The van der Waals surface area contributed by atoms with E-state index in [-0.39, 0.29) is 0 Å². The lowest BCUT2D eigenvalue weighted by molar-refractivity contribution is 0.622. The summed E-state index contributed by atoms with van der Waals surface area (Å²) in [5.74, 6) is 0. The lowest BCUT2D eigenvalue weighted by atomic mass is 10.1. The van der Waals surface area contributed by atoms with Crippen LogP contribution in [0.15, 0.2) is 30.5 Å². The van der Waals surface area contributed by atoms with Gasteiger partial charge in [0.05, 0.1) is 22.1 Å². The molecule has 4 aromatic rings. The van der Waals surface area contributed by atoms with Crippen molar-refractivity contribution in [2.75, 3.05) is 6.54 Å². The quantitative estimate of drug-likeness (QED) is 0.605. The molecule has 0 aliphatic carbocycles. The Morgan fingerprint density at radius 3 is 3.00 bits per heavy atom. The van der Waals surface area contributed by atoms with E-state index in [1.807, 2.05) is 36.1 Å². The Kier molecular flexibility index (Phi) is 3.00. The summed E-state index contributed by atoms with van der Waals surface area (Å²) in [5.41, 5.74) is 5.12. The van der Waals surface area contributed by atoms with Crippen LogP contribution in [0.3, 0.4) is 0 Å². The van der Waals surface area contributed by atoms with E-state index in [1.165, 1.54) is 16.0 Å². The molecule has 0 amide bonds. The van der Waals surface area contributed by atoms with E-state index in [9.17, 15) is 0 Å². The summed E-state index contributed by atoms with van der Waals surface area (Å²) in [6.07, 6.45) is 2.83. The molecule has 0 unspecified atom stereocenters. The van der Waals surface area contributed by atoms with Crippen LogP contribution >= 0.6 is 11.3 Å². The molecule has 0 atom stereocenters. The zero-order valence-electron chi connectivity index (χ0n) is 13.1. The smallest absolute Gasteiger partial charge is 0.211 e. The van der Waals surface area contributed by atoms with Crippen LogP contribution in [-0.2, 0) is 20.0 Å². The number of rotatable bonds is 2. The van der Waals surface area contributed by atoms with E-state index in [4.69, 9.17) is 10.1 Å². The predicted octanol–water partition coefficient (Wildman–Crippen LogP) is 1.92. The van der Waals surface area contributed by atoms with Crippen LogP contribution in [0.1, 0.15) is 11.3 Å².